The van der Waals surface area contributed by atoms with Crippen molar-refractivity contribution in [2.45, 2.75) is 144 Å². The van der Waals surface area contributed by atoms with Gasteiger partial charge < -0.3 is 28.7 Å². The van der Waals surface area contributed by atoms with Crippen LogP contribution in [0.5, 0.6) is 0 Å². The first kappa shape index (κ1) is 29.9. The van der Waals surface area contributed by atoms with E-state index < -0.39 is 0 Å². The number of aromatic nitrogens is 3. The Balaban J connectivity index is 0.00000289. The Bertz CT molecular complexity index is 1170. The summed E-state index contributed by atoms with van der Waals surface area (Å²) in [6.07, 6.45) is 15.4. The zero-order valence-corrected chi connectivity index (χ0v) is 29.4. The lowest BCUT2D eigenvalue weighted by molar-refractivity contribution is -0.765. The van der Waals surface area contributed by atoms with Crippen LogP contribution in [-0.2, 0) is 30.2 Å². The second-order valence-corrected chi connectivity index (χ2v) is 17.6. The quantitative estimate of drug-likeness (QED) is 0.355. The molecule has 4 saturated carbocycles. The molecular formula is C35H58IN3O. The minimum Gasteiger partial charge on any atom is -1.00 e. The maximum atomic E-state index is 6.80. The zero-order valence-electron chi connectivity index (χ0n) is 27.2. The molecule has 0 aromatic carbocycles. The monoisotopic (exact) mass is 663 g/mol. The Morgan fingerprint density at radius 1 is 0.900 bits per heavy atom. The smallest absolute Gasteiger partial charge is 0.176 e. The van der Waals surface area contributed by atoms with Crippen molar-refractivity contribution in [2.24, 2.45) is 57.8 Å². The molecule has 9 atom stereocenters. The van der Waals surface area contributed by atoms with Gasteiger partial charge in [0, 0.05) is 11.8 Å². The Kier molecular flexibility index (Phi) is 6.85. The Labute approximate surface area is 262 Å². The molecule has 2 bridgehead atoms. The first-order valence-corrected chi connectivity index (χ1v) is 16.8. The van der Waals surface area contributed by atoms with E-state index in [0.717, 1.165) is 36.8 Å². The second-order valence-electron chi connectivity index (χ2n) is 17.6. The van der Waals surface area contributed by atoms with Crippen molar-refractivity contribution in [2.75, 3.05) is 6.61 Å². The largest absolute Gasteiger partial charge is 1.00 e. The van der Waals surface area contributed by atoms with E-state index in [9.17, 15) is 0 Å². The standard InChI is InChI=1S/C35H58N3O.HI/c1-10-11-20-38-28-24(37(9)36-38)21-32(6)25(31(28,4)5)14-15-34(8)26(32)13-12-23-27-29-30(2,3)16-18-35(27,22-39-29)19-17-33(23,34)7;/h23,25-27,29H,10-22H2,1-9H3;1H/q+1;/p-1/t23-,25+,26-,27+,29-,32+,33-,34-,35-;/m1./s1. The molecule has 0 N–H and O–H groups in total. The number of aryl methyl sites for hydroxylation is 2. The highest BCUT2D eigenvalue weighted by atomic mass is 127. The average Bonchev–Trinajstić information content (AvgIpc) is 3.36. The van der Waals surface area contributed by atoms with Gasteiger partial charge in [-0.25, -0.2) is 0 Å². The summed E-state index contributed by atoms with van der Waals surface area (Å²) in [7, 11) is 2.22. The third kappa shape index (κ3) is 3.51. The molecule has 0 unspecified atom stereocenters. The number of ether oxygens (including phenoxy) is 1. The summed E-state index contributed by atoms with van der Waals surface area (Å²) in [5, 5.41) is 5.12. The van der Waals surface area contributed by atoms with Crippen LogP contribution in [0.1, 0.15) is 131 Å². The SMILES string of the molecule is CCCC[n+]1nn(C)c2c1C(C)(C)[C@@H]1CC[C@]3(C)[C@H](CC[C@@H]4[C@H]5[C@H]6OC[C@@]5(CCC6(C)C)CC[C@]43C)[C@@]1(C)C2.[I-]. The van der Waals surface area contributed by atoms with Crippen molar-refractivity contribution in [1.29, 1.82) is 0 Å². The second kappa shape index (κ2) is 9.17. The van der Waals surface area contributed by atoms with E-state index in [2.05, 4.69) is 71.8 Å². The molecule has 5 heteroatoms. The lowest BCUT2D eigenvalue weighted by Crippen LogP contribution is -3.00. The molecule has 226 valence electrons. The number of hydrogen-bond acceptors (Lipinski definition) is 2. The summed E-state index contributed by atoms with van der Waals surface area (Å²) in [5.41, 5.74) is 5.25. The Morgan fingerprint density at radius 2 is 1.62 bits per heavy atom. The molecule has 0 amide bonds. The maximum absolute atomic E-state index is 6.80. The third-order valence-electron chi connectivity index (χ3n) is 15.3. The predicted molar refractivity (Wildman–Crippen MR) is 156 cm³/mol. The molecule has 7 rings (SSSR count). The normalized spacial score (nSPS) is 47.7. The Morgan fingerprint density at radius 3 is 2.35 bits per heavy atom. The van der Waals surface area contributed by atoms with Crippen molar-refractivity contribution in [3.8, 4) is 0 Å². The molecule has 1 aromatic heterocycles. The predicted octanol–water partition coefficient (Wildman–Crippen LogP) is 4.42. The van der Waals surface area contributed by atoms with Crippen LogP contribution < -0.4 is 28.7 Å². The molecule has 1 aromatic rings. The van der Waals surface area contributed by atoms with E-state index in [1.165, 1.54) is 76.3 Å². The van der Waals surface area contributed by atoms with Crippen LogP contribution in [-0.4, -0.2) is 22.6 Å². The number of rotatable bonds is 3. The average molecular weight is 664 g/mol. The van der Waals surface area contributed by atoms with Gasteiger partial charge in [0.15, 0.2) is 11.4 Å². The first-order chi connectivity index (χ1) is 18.3. The van der Waals surface area contributed by atoms with Crippen LogP contribution >= 0.6 is 0 Å². The molecule has 6 aliphatic rings. The van der Waals surface area contributed by atoms with Gasteiger partial charge >= 0.3 is 0 Å². The molecular weight excluding hydrogens is 605 g/mol. The van der Waals surface area contributed by atoms with E-state index in [1.54, 1.807) is 5.69 Å². The van der Waals surface area contributed by atoms with Gasteiger partial charge in [0.05, 0.1) is 17.9 Å². The van der Waals surface area contributed by atoms with Crippen molar-refractivity contribution >= 4 is 0 Å². The fourth-order valence-electron chi connectivity index (χ4n) is 13.2. The van der Waals surface area contributed by atoms with Crippen LogP contribution in [0.3, 0.4) is 0 Å². The molecule has 4 nitrogen and oxygen atoms in total. The van der Waals surface area contributed by atoms with Crippen molar-refractivity contribution < 1.29 is 33.4 Å². The minimum absolute atomic E-state index is 0. The summed E-state index contributed by atoms with van der Waals surface area (Å²) < 4.78 is 11.5. The number of hydrogen-bond donors (Lipinski definition) is 0. The van der Waals surface area contributed by atoms with Crippen LogP contribution in [0.2, 0.25) is 0 Å². The molecule has 1 aliphatic heterocycles. The van der Waals surface area contributed by atoms with Gasteiger partial charge in [-0.1, -0.05) is 61.8 Å². The summed E-state index contributed by atoms with van der Waals surface area (Å²) >= 11 is 0. The highest BCUT2D eigenvalue weighted by molar-refractivity contribution is 5.30. The van der Waals surface area contributed by atoms with Gasteiger partial charge in [-0.15, -0.1) is 9.36 Å². The van der Waals surface area contributed by atoms with Gasteiger partial charge in [0.25, 0.3) is 0 Å². The van der Waals surface area contributed by atoms with E-state index in [4.69, 9.17) is 9.95 Å². The number of fused-ring (bicyclic) bond motifs is 6. The number of unbranched alkanes of at least 4 members (excludes halogenated alkanes) is 1. The van der Waals surface area contributed by atoms with E-state index >= 15 is 0 Å². The lowest BCUT2D eigenvalue weighted by Gasteiger charge is -2.72. The maximum Gasteiger partial charge on any atom is 0.176 e. The van der Waals surface area contributed by atoms with E-state index in [1.807, 2.05) is 0 Å². The topological polar surface area (TPSA) is 30.9 Å². The van der Waals surface area contributed by atoms with Crippen LogP contribution in [0.15, 0.2) is 0 Å². The summed E-state index contributed by atoms with van der Waals surface area (Å²) in [6.45, 7) is 22.9. The van der Waals surface area contributed by atoms with Crippen molar-refractivity contribution in [1.82, 2.24) is 9.90 Å². The number of nitrogens with zero attached hydrogens (tertiary/aromatic N) is 3. The minimum atomic E-state index is 0. The van der Waals surface area contributed by atoms with Crippen molar-refractivity contribution in [3.63, 3.8) is 0 Å². The highest BCUT2D eigenvalue weighted by Crippen LogP contribution is 2.77. The highest BCUT2D eigenvalue weighted by Gasteiger charge is 2.73. The van der Waals surface area contributed by atoms with Gasteiger partial charge in [0.1, 0.15) is 13.6 Å². The van der Waals surface area contributed by atoms with E-state index in [0.29, 0.717) is 33.2 Å². The molecule has 1 saturated heterocycles. The molecule has 0 spiro atoms. The first-order valence-electron chi connectivity index (χ1n) is 16.8. The Hall–Kier alpha value is -0.170. The van der Waals surface area contributed by atoms with Crippen LogP contribution in [0.25, 0.3) is 0 Å². The van der Waals surface area contributed by atoms with Crippen LogP contribution in [0.4, 0.5) is 0 Å². The van der Waals surface area contributed by atoms with Gasteiger partial charge in [0.2, 0.25) is 0 Å². The molecule has 2 heterocycles. The fourth-order valence-corrected chi connectivity index (χ4v) is 13.2. The van der Waals surface area contributed by atoms with Gasteiger partial charge in [-0.05, 0) is 109 Å². The van der Waals surface area contributed by atoms with Crippen LogP contribution in [0, 0.1) is 50.7 Å². The molecule has 5 aliphatic carbocycles. The summed E-state index contributed by atoms with van der Waals surface area (Å²) in [6, 6.07) is 0. The molecule has 40 heavy (non-hydrogen) atoms. The molecule has 0 radical (unpaired) electrons. The summed E-state index contributed by atoms with van der Waals surface area (Å²) in [5.74, 6) is 3.14. The molecule has 5 fully saturated rings. The third-order valence-corrected chi connectivity index (χ3v) is 15.3. The summed E-state index contributed by atoms with van der Waals surface area (Å²) in [4.78, 5) is 0. The zero-order chi connectivity index (χ0) is 27.8. The van der Waals surface area contributed by atoms with E-state index in [-0.39, 0.29) is 29.4 Å². The fraction of sp³-hybridized carbons (Fsp3) is 0.943. The van der Waals surface area contributed by atoms with Gasteiger partial charge in [-0.3, -0.25) is 0 Å². The number of halogens is 1. The van der Waals surface area contributed by atoms with Crippen molar-refractivity contribution in [3.05, 3.63) is 11.4 Å². The lowest BCUT2D eigenvalue weighted by atomic mass is 9.31. The van der Waals surface area contributed by atoms with Gasteiger partial charge in [-0.2, -0.15) is 0 Å².